The zero-order chi connectivity index (χ0) is 17.9. The summed E-state index contributed by atoms with van der Waals surface area (Å²) >= 11 is 0. The molecule has 2 fully saturated rings. The number of fused-ring (bicyclic) bond motifs is 1. The molecule has 4 unspecified atom stereocenters. The van der Waals surface area contributed by atoms with E-state index in [4.69, 9.17) is 9.47 Å². The summed E-state index contributed by atoms with van der Waals surface area (Å²) in [4.78, 5) is 0. The molecule has 2 aliphatic rings. The first-order valence-electron chi connectivity index (χ1n) is 9.92. The van der Waals surface area contributed by atoms with Crippen molar-refractivity contribution in [3.05, 3.63) is 47.5 Å². The van der Waals surface area contributed by atoms with Gasteiger partial charge in [-0.1, -0.05) is 50.2 Å². The van der Waals surface area contributed by atoms with Crippen molar-refractivity contribution >= 4 is 10.8 Å². The highest BCUT2D eigenvalue weighted by molar-refractivity contribution is 5.87. The molecule has 4 heteroatoms. The van der Waals surface area contributed by atoms with Crippen molar-refractivity contribution in [2.45, 2.75) is 37.9 Å². The Hall–Kier alpha value is -1.46. The molecule has 0 spiro atoms. The molecule has 0 radical (unpaired) electrons. The van der Waals surface area contributed by atoms with Crippen molar-refractivity contribution in [1.82, 2.24) is 10.6 Å². The molecule has 2 N–H and O–H groups in total. The maximum atomic E-state index is 6.12. The van der Waals surface area contributed by atoms with Crippen LogP contribution in [0.1, 0.15) is 36.8 Å². The lowest BCUT2D eigenvalue weighted by molar-refractivity contribution is 0.0102. The third-order valence-corrected chi connectivity index (χ3v) is 5.98. The van der Waals surface area contributed by atoms with Crippen LogP contribution in [0.2, 0.25) is 0 Å². The number of hydrogen-bond acceptors (Lipinski definition) is 4. The van der Waals surface area contributed by atoms with Gasteiger partial charge in [0, 0.05) is 38.0 Å². The van der Waals surface area contributed by atoms with Crippen molar-refractivity contribution in [2.24, 2.45) is 0 Å². The molecule has 4 nitrogen and oxygen atoms in total. The summed E-state index contributed by atoms with van der Waals surface area (Å²) in [6, 6.07) is 13.3. The van der Waals surface area contributed by atoms with Crippen LogP contribution in [0.5, 0.6) is 0 Å². The average Bonchev–Trinajstić information content (AvgIpc) is 2.73. The van der Waals surface area contributed by atoms with E-state index in [0.717, 1.165) is 39.4 Å². The maximum Gasteiger partial charge on any atom is 0.0766 e. The largest absolute Gasteiger partial charge is 0.375 e. The van der Waals surface area contributed by atoms with Crippen molar-refractivity contribution in [1.29, 1.82) is 0 Å². The first-order chi connectivity index (χ1) is 12.8. The molecule has 2 aromatic carbocycles. The molecular weight excluding hydrogens is 324 g/mol. The van der Waals surface area contributed by atoms with Gasteiger partial charge in [-0.15, -0.1) is 0 Å². The van der Waals surface area contributed by atoms with Gasteiger partial charge in [0.15, 0.2) is 0 Å². The minimum atomic E-state index is 0.214. The van der Waals surface area contributed by atoms with Crippen LogP contribution in [0.25, 0.3) is 10.8 Å². The molecule has 2 aromatic rings. The molecule has 0 bridgehead atoms. The first-order valence-corrected chi connectivity index (χ1v) is 9.92. The number of rotatable bonds is 4. The Labute approximate surface area is 156 Å². The summed E-state index contributed by atoms with van der Waals surface area (Å²) in [5, 5.41) is 9.61. The second-order valence-corrected chi connectivity index (χ2v) is 7.59. The standard InChI is InChI=1S/C22H30N2O2/c1-15(20-13-23-9-11-25-20)18-8-7-17-5-3-4-6-19(17)22(18)16(2)21-14-24-10-12-26-21/h3-8,15-16,20-21,23-24H,9-14H2,1-2H3. The maximum absolute atomic E-state index is 6.12. The molecule has 0 saturated carbocycles. The Kier molecular flexibility index (Phi) is 5.55. The van der Waals surface area contributed by atoms with Crippen LogP contribution in [0, 0.1) is 0 Å². The molecule has 2 aliphatic heterocycles. The van der Waals surface area contributed by atoms with Crippen LogP contribution in [0.3, 0.4) is 0 Å². The fraction of sp³-hybridized carbons (Fsp3) is 0.545. The van der Waals surface area contributed by atoms with Crippen LogP contribution in [0.15, 0.2) is 36.4 Å². The minimum Gasteiger partial charge on any atom is -0.375 e. The van der Waals surface area contributed by atoms with Crippen LogP contribution >= 0.6 is 0 Å². The van der Waals surface area contributed by atoms with Crippen molar-refractivity contribution in [3.8, 4) is 0 Å². The zero-order valence-electron chi connectivity index (χ0n) is 15.8. The second-order valence-electron chi connectivity index (χ2n) is 7.59. The number of morpholine rings is 2. The minimum absolute atomic E-state index is 0.214. The van der Waals surface area contributed by atoms with Crippen molar-refractivity contribution in [2.75, 3.05) is 39.4 Å². The van der Waals surface area contributed by atoms with Gasteiger partial charge < -0.3 is 20.1 Å². The van der Waals surface area contributed by atoms with Crippen molar-refractivity contribution < 1.29 is 9.47 Å². The lowest BCUT2D eigenvalue weighted by Gasteiger charge is -2.34. The smallest absolute Gasteiger partial charge is 0.0766 e. The number of hydrogen-bond donors (Lipinski definition) is 2. The highest BCUT2D eigenvalue weighted by Crippen LogP contribution is 2.37. The quantitative estimate of drug-likeness (QED) is 0.886. The van der Waals surface area contributed by atoms with E-state index >= 15 is 0 Å². The molecule has 26 heavy (non-hydrogen) atoms. The van der Waals surface area contributed by atoms with Gasteiger partial charge in [0.05, 0.1) is 25.4 Å². The molecule has 0 aliphatic carbocycles. The third-order valence-electron chi connectivity index (χ3n) is 5.98. The van der Waals surface area contributed by atoms with Gasteiger partial charge in [-0.3, -0.25) is 0 Å². The first kappa shape index (κ1) is 17.9. The summed E-state index contributed by atoms with van der Waals surface area (Å²) in [5.74, 6) is 0.685. The summed E-state index contributed by atoms with van der Waals surface area (Å²) in [5.41, 5.74) is 2.83. The molecule has 4 rings (SSSR count). The van der Waals surface area contributed by atoms with Gasteiger partial charge in [0.25, 0.3) is 0 Å². The summed E-state index contributed by atoms with van der Waals surface area (Å²) in [6.45, 7) is 9.94. The van der Waals surface area contributed by atoms with E-state index in [-0.39, 0.29) is 12.2 Å². The lowest BCUT2D eigenvalue weighted by Crippen LogP contribution is -2.42. The monoisotopic (exact) mass is 354 g/mol. The molecule has 2 saturated heterocycles. The van der Waals surface area contributed by atoms with Gasteiger partial charge >= 0.3 is 0 Å². The highest BCUT2D eigenvalue weighted by Gasteiger charge is 2.30. The lowest BCUT2D eigenvalue weighted by atomic mass is 9.81. The normalized spacial score (nSPS) is 26.5. The Morgan fingerprint density at radius 2 is 1.50 bits per heavy atom. The summed E-state index contributed by atoms with van der Waals surface area (Å²) in [7, 11) is 0. The fourth-order valence-corrected chi connectivity index (χ4v) is 4.42. The molecule has 2 heterocycles. The Bertz CT molecular complexity index is 736. The van der Waals surface area contributed by atoms with E-state index in [1.807, 2.05) is 0 Å². The van der Waals surface area contributed by atoms with Crippen LogP contribution in [-0.2, 0) is 9.47 Å². The molecule has 4 atom stereocenters. The summed E-state index contributed by atoms with van der Waals surface area (Å²) in [6.07, 6.45) is 0.437. The van der Waals surface area contributed by atoms with E-state index in [1.165, 1.54) is 21.9 Å². The number of ether oxygens (including phenoxy) is 2. The zero-order valence-corrected chi connectivity index (χ0v) is 15.8. The highest BCUT2D eigenvalue weighted by atomic mass is 16.5. The third kappa shape index (κ3) is 3.52. The Morgan fingerprint density at radius 1 is 0.846 bits per heavy atom. The molecule has 140 valence electrons. The predicted molar refractivity (Wildman–Crippen MR) is 106 cm³/mol. The Balaban J connectivity index is 1.76. The average molecular weight is 354 g/mol. The second kappa shape index (κ2) is 8.05. The predicted octanol–water partition coefficient (Wildman–Crippen LogP) is 3.02. The van der Waals surface area contributed by atoms with E-state index in [0.29, 0.717) is 11.8 Å². The SMILES string of the molecule is CC(c1ccc2ccccc2c1C(C)C1CNCCO1)C1CNCCO1. The van der Waals surface area contributed by atoms with E-state index in [2.05, 4.69) is 60.9 Å². The van der Waals surface area contributed by atoms with Crippen LogP contribution in [-0.4, -0.2) is 51.6 Å². The van der Waals surface area contributed by atoms with Gasteiger partial charge in [0.2, 0.25) is 0 Å². The van der Waals surface area contributed by atoms with Gasteiger partial charge in [-0.05, 0) is 21.9 Å². The summed E-state index contributed by atoms with van der Waals surface area (Å²) < 4.78 is 12.2. The number of benzene rings is 2. The van der Waals surface area contributed by atoms with Gasteiger partial charge in [-0.2, -0.15) is 0 Å². The van der Waals surface area contributed by atoms with Crippen molar-refractivity contribution in [3.63, 3.8) is 0 Å². The van der Waals surface area contributed by atoms with Crippen LogP contribution < -0.4 is 10.6 Å². The van der Waals surface area contributed by atoms with E-state index in [9.17, 15) is 0 Å². The molecule has 0 aromatic heterocycles. The van der Waals surface area contributed by atoms with E-state index < -0.39 is 0 Å². The van der Waals surface area contributed by atoms with Crippen LogP contribution in [0.4, 0.5) is 0 Å². The fourth-order valence-electron chi connectivity index (χ4n) is 4.42. The molecular formula is C22H30N2O2. The number of nitrogens with one attached hydrogen (secondary N) is 2. The van der Waals surface area contributed by atoms with E-state index in [1.54, 1.807) is 0 Å². The molecule has 0 amide bonds. The van der Waals surface area contributed by atoms with Gasteiger partial charge in [0.1, 0.15) is 0 Å². The van der Waals surface area contributed by atoms with Gasteiger partial charge in [-0.25, -0.2) is 0 Å². The topological polar surface area (TPSA) is 42.5 Å². The Morgan fingerprint density at radius 3 is 2.15 bits per heavy atom.